The number of hydrogen-bond donors (Lipinski definition) is 3. The number of hydrogen-bond acceptors (Lipinski definition) is 9. The molecule has 0 radical (unpaired) electrons. The molecule has 11 nitrogen and oxygen atoms in total. The topological polar surface area (TPSA) is 172 Å². The first-order valence-corrected chi connectivity index (χ1v) is 22.0. The van der Waals surface area contributed by atoms with Crippen LogP contribution in [-0.2, 0) is 37.5 Å². The van der Waals surface area contributed by atoms with Crippen molar-refractivity contribution in [2.24, 2.45) is 5.73 Å². The number of esters is 2. The predicted octanol–water partition coefficient (Wildman–Crippen LogP) is 10.4. The molecule has 0 aromatic rings. The SMILES string of the molecule is CCCCC/C=C/C/C=C/CCCCCCCCCC(=O)OC[C@@H](COP(=O)(O)OC[C@@H](N)C(=O)O)OC(=O)CCCCCCC/C=C/CCCCC. The summed E-state index contributed by atoms with van der Waals surface area (Å²) in [6.45, 7) is 2.72. The lowest BCUT2D eigenvalue weighted by Crippen LogP contribution is -2.34. The molecule has 0 rings (SSSR count). The lowest BCUT2D eigenvalue weighted by atomic mass is 10.1. The summed E-state index contributed by atoms with van der Waals surface area (Å²) >= 11 is 0. The molecule has 0 saturated carbocycles. The summed E-state index contributed by atoms with van der Waals surface area (Å²) in [6.07, 6.45) is 37.8. The van der Waals surface area contributed by atoms with Crippen molar-refractivity contribution in [3.8, 4) is 0 Å². The Kier molecular flexibility index (Phi) is 35.1. The Hall–Kier alpha value is -2.30. The number of phosphoric ester groups is 1. The number of ether oxygens (including phenoxy) is 2. The van der Waals surface area contributed by atoms with Crippen molar-refractivity contribution in [2.45, 2.75) is 187 Å². The van der Waals surface area contributed by atoms with Gasteiger partial charge in [-0.2, -0.15) is 0 Å². The van der Waals surface area contributed by atoms with Gasteiger partial charge in [0.2, 0.25) is 0 Å². The Balaban J connectivity index is 4.39. The van der Waals surface area contributed by atoms with Crippen molar-refractivity contribution in [3.05, 3.63) is 36.5 Å². The molecule has 0 amide bonds. The smallest absolute Gasteiger partial charge is 0.472 e. The van der Waals surface area contributed by atoms with E-state index < -0.39 is 51.1 Å². The molecule has 0 fully saturated rings. The predicted molar refractivity (Wildman–Crippen MR) is 212 cm³/mol. The van der Waals surface area contributed by atoms with Crippen LogP contribution >= 0.6 is 7.82 Å². The van der Waals surface area contributed by atoms with Gasteiger partial charge in [0.25, 0.3) is 0 Å². The van der Waals surface area contributed by atoms with Crippen molar-refractivity contribution in [1.82, 2.24) is 0 Å². The van der Waals surface area contributed by atoms with Crippen molar-refractivity contribution in [2.75, 3.05) is 19.8 Å². The fraction of sp³-hybridized carbons (Fsp3) is 0.780. The van der Waals surface area contributed by atoms with E-state index in [-0.39, 0.29) is 19.4 Å². The third-order valence-corrected chi connectivity index (χ3v) is 9.56. The summed E-state index contributed by atoms with van der Waals surface area (Å²) in [6, 6.07) is -1.52. The lowest BCUT2D eigenvalue weighted by Gasteiger charge is -2.20. The average Bonchev–Trinajstić information content (AvgIpc) is 3.13. The van der Waals surface area contributed by atoms with Crippen LogP contribution in [0.3, 0.4) is 0 Å². The maximum Gasteiger partial charge on any atom is 0.472 e. The van der Waals surface area contributed by atoms with Crippen LogP contribution in [0.4, 0.5) is 0 Å². The molecular weight excluding hydrogens is 697 g/mol. The highest BCUT2D eigenvalue weighted by Gasteiger charge is 2.28. The highest BCUT2D eigenvalue weighted by molar-refractivity contribution is 7.47. The Morgan fingerprint density at radius 2 is 1.00 bits per heavy atom. The second-order valence-electron chi connectivity index (χ2n) is 13.8. The largest absolute Gasteiger partial charge is 0.480 e. The molecule has 0 heterocycles. The average molecular weight is 772 g/mol. The first-order valence-electron chi connectivity index (χ1n) is 20.5. The molecule has 0 saturated heterocycles. The van der Waals surface area contributed by atoms with E-state index in [4.69, 9.17) is 24.8 Å². The van der Waals surface area contributed by atoms with Crippen LogP contribution in [0.2, 0.25) is 0 Å². The highest BCUT2D eigenvalue weighted by Crippen LogP contribution is 2.43. The molecule has 0 aliphatic carbocycles. The molecule has 0 aliphatic rings. The lowest BCUT2D eigenvalue weighted by molar-refractivity contribution is -0.161. The molecule has 308 valence electrons. The number of carboxylic acids is 1. The van der Waals surface area contributed by atoms with E-state index in [1.54, 1.807) is 0 Å². The summed E-state index contributed by atoms with van der Waals surface area (Å²) in [5.41, 5.74) is 5.32. The molecule has 0 aromatic carbocycles. The second kappa shape index (κ2) is 36.7. The molecule has 0 bridgehead atoms. The Bertz CT molecular complexity index is 1050. The van der Waals surface area contributed by atoms with E-state index in [0.717, 1.165) is 70.6 Å². The summed E-state index contributed by atoms with van der Waals surface area (Å²) in [7, 11) is -4.71. The summed E-state index contributed by atoms with van der Waals surface area (Å²) in [4.78, 5) is 45.8. The number of aliphatic carboxylic acids is 1. The fourth-order valence-corrected chi connectivity index (χ4v) is 6.10. The number of phosphoric acid groups is 1. The van der Waals surface area contributed by atoms with Crippen LogP contribution in [0.1, 0.15) is 174 Å². The van der Waals surface area contributed by atoms with Crippen molar-refractivity contribution in [1.29, 1.82) is 0 Å². The van der Waals surface area contributed by atoms with Crippen LogP contribution in [0, 0.1) is 0 Å². The van der Waals surface area contributed by atoms with E-state index in [2.05, 4.69) is 54.8 Å². The van der Waals surface area contributed by atoms with Gasteiger partial charge in [0.05, 0.1) is 13.2 Å². The third-order valence-electron chi connectivity index (χ3n) is 8.61. The number of carbonyl (C=O) groups excluding carboxylic acids is 2. The minimum atomic E-state index is -4.71. The molecule has 0 aromatic heterocycles. The quantitative estimate of drug-likeness (QED) is 0.0236. The van der Waals surface area contributed by atoms with E-state index in [9.17, 15) is 23.8 Å². The zero-order chi connectivity index (χ0) is 39.3. The number of allylic oxidation sites excluding steroid dienone is 6. The van der Waals surface area contributed by atoms with E-state index >= 15 is 0 Å². The number of carboxylic acid groups (broad SMARTS) is 1. The number of carbonyl (C=O) groups is 3. The van der Waals surface area contributed by atoms with Gasteiger partial charge in [0.15, 0.2) is 6.10 Å². The third kappa shape index (κ3) is 36.4. The second-order valence-corrected chi connectivity index (χ2v) is 15.2. The number of unbranched alkanes of at least 4 members (excludes halogenated alkanes) is 18. The Morgan fingerprint density at radius 3 is 1.49 bits per heavy atom. The van der Waals surface area contributed by atoms with E-state index in [1.807, 2.05) is 0 Å². The Morgan fingerprint density at radius 1 is 0.585 bits per heavy atom. The van der Waals surface area contributed by atoms with Crippen molar-refractivity contribution >= 4 is 25.7 Å². The van der Waals surface area contributed by atoms with Gasteiger partial charge in [0, 0.05) is 12.8 Å². The van der Waals surface area contributed by atoms with Crippen LogP contribution in [-0.4, -0.2) is 59.9 Å². The summed E-state index contributed by atoms with van der Waals surface area (Å²) < 4.78 is 32.6. The van der Waals surface area contributed by atoms with Gasteiger partial charge in [-0.15, -0.1) is 0 Å². The van der Waals surface area contributed by atoms with Gasteiger partial charge in [-0.1, -0.05) is 127 Å². The fourth-order valence-electron chi connectivity index (χ4n) is 5.32. The molecule has 53 heavy (non-hydrogen) atoms. The minimum Gasteiger partial charge on any atom is -0.480 e. The first-order chi connectivity index (χ1) is 25.6. The normalized spacial score (nSPS) is 14.2. The maximum atomic E-state index is 12.6. The number of nitrogens with two attached hydrogens (primary N) is 1. The Labute approximate surface area is 321 Å². The molecule has 4 N–H and O–H groups in total. The molecule has 0 spiro atoms. The maximum absolute atomic E-state index is 12.6. The van der Waals surface area contributed by atoms with Crippen molar-refractivity contribution in [3.63, 3.8) is 0 Å². The van der Waals surface area contributed by atoms with Gasteiger partial charge in [-0.05, 0) is 70.6 Å². The minimum absolute atomic E-state index is 0.149. The van der Waals surface area contributed by atoms with Gasteiger partial charge < -0.3 is 25.2 Å². The van der Waals surface area contributed by atoms with Gasteiger partial charge in [-0.25, -0.2) is 4.57 Å². The highest BCUT2D eigenvalue weighted by atomic mass is 31.2. The van der Waals surface area contributed by atoms with Gasteiger partial charge in [0.1, 0.15) is 12.6 Å². The van der Waals surface area contributed by atoms with Crippen LogP contribution in [0.15, 0.2) is 36.5 Å². The first kappa shape index (κ1) is 50.7. The zero-order valence-corrected chi connectivity index (χ0v) is 34.0. The van der Waals surface area contributed by atoms with Gasteiger partial charge in [-0.3, -0.25) is 23.4 Å². The van der Waals surface area contributed by atoms with Crippen molar-refractivity contribution < 1.29 is 47.5 Å². The molecule has 3 atom stereocenters. The van der Waals surface area contributed by atoms with E-state index in [0.29, 0.717) is 12.8 Å². The molecule has 1 unspecified atom stereocenters. The van der Waals surface area contributed by atoms with Crippen LogP contribution < -0.4 is 5.73 Å². The monoisotopic (exact) mass is 772 g/mol. The van der Waals surface area contributed by atoms with E-state index in [1.165, 1.54) is 64.2 Å². The molecule has 0 aliphatic heterocycles. The van der Waals surface area contributed by atoms with Crippen LogP contribution in [0.5, 0.6) is 0 Å². The summed E-state index contributed by atoms with van der Waals surface area (Å²) in [5, 5.41) is 8.87. The number of rotatable bonds is 38. The van der Waals surface area contributed by atoms with Crippen LogP contribution in [0.25, 0.3) is 0 Å². The molecule has 12 heteroatoms. The molecular formula is C41H74NO10P. The van der Waals surface area contributed by atoms with Gasteiger partial charge >= 0.3 is 25.7 Å². The summed E-state index contributed by atoms with van der Waals surface area (Å²) in [5.74, 6) is -2.40. The standard InChI is InChI=1S/C41H74NO10P/c1-3-5-7-9-11-13-15-17-18-19-20-21-23-24-26-28-30-32-39(43)49-34-37(35-50-53(47,48)51-36-38(42)41(45)46)52-40(44)33-31-29-27-25-22-16-14-12-10-8-6-4-2/h11-14,17-18,37-38H,3-10,15-16,19-36,42H2,1-2H3,(H,45,46)(H,47,48)/b13-11+,14-12+,18-17+/t37-,38+/m0/s1. The zero-order valence-electron chi connectivity index (χ0n) is 33.1.